The van der Waals surface area contributed by atoms with E-state index in [0.29, 0.717) is 5.75 Å². The largest absolute Gasteiger partial charge is 0.508 e. The molecule has 2 heteroatoms. The van der Waals surface area contributed by atoms with Crippen LogP contribution in [-0.2, 0) is 0 Å². The second kappa shape index (κ2) is 3.89. The average Bonchev–Trinajstić information content (AvgIpc) is 2.15. The van der Waals surface area contributed by atoms with Crippen molar-refractivity contribution >= 4 is 5.69 Å². The van der Waals surface area contributed by atoms with Gasteiger partial charge in [0.2, 0.25) is 0 Å². The molecule has 0 spiro atoms. The summed E-state index contributed by atoms with van der Waals surface area (Å²) in [6.07, 6.45) is 0. The van der Waals surface area contributed by atoms with Crippen molar-refractivity contribution in [2.45, 2.75) is 13.8 Å². The number of aryl methyl sites for hydroxylation is 2. The van der Waals surface area contributed by atoms with Gasteiger partial charge in [-0.1, -0.05) is 12.1 Å². The first-order chi connectivity index (χ1) is 7.58. The van der Waals surface area contributed by atoms with E-state index in [1.807, 2.05) is 38.1 Å². The van der Waals surface area contributed by atoms with E-state index in [0.717, 1.165) is 27.9 Å². The minimum Gasteiger partial charge on any atom is -0.508 e. The molecule has 82 valence electrons. The van der Waals surface area contributed by atoms with Crippen LogP contribution in [0.4, 0.5) is 5.69 Å². The number of phenols is 1. The van der Waals surface area contributed by atoms with Crippen molar-refractivity contribution in [2.24, 2.45) is 0 Å². The lowest BCUT2D eigenvalue weighted by atomic mass is 9.95. The van der Waals surface area contributed by atoms with Gasteiger partial charge in [0.05, 0.1) is 0 Å². The van der Waals surface area contributed by atoms with Crippen LogP contribution in [0, 0.1) is 13.8 Å². The molecular weight excluding hydrogens is 198 g/mol. The van der Waals surface area contributed by atoms with Crippen molar-refractivity contribution in [2.75, 3.05) is 5.73 Å². The summed E-state index contributed by atoms with van der Waals surface area (Å²) < 4.78 is 0. The molecule has 2 aromatic rings. The number of nitrogens with two attached hydrogens (primary N) is 1. The molecule has 0 radical (unpaired) electrons. The Bertz CT molecular complexity index is 509. The van der Waals surface area contributed by atoms with Gasteiger partial charge < -0.3 is 10.8 Å². The molecule has 0 fully saturated rings. The highest BCUT2D eigenvalue weighted by atomic mass is 16.3. The summed E-state index contributed by atoms with van der Waals surface area (Å²) in [6.45, 7) is 3.98. The molecule has 0 saturated carbocycles. The second-order valence-electron chi connectivity index (χ2n) is 4.08. The Morgan fingerprint density at radius 2 is 1.62 bits per heavy atom. The fourth-order valence-electron chi connectivity index (χ4n) is 2.09. The maximum atomic E-state index is 9.50. The number of nitrogen functional groups attached to an aromatic ring is 1. The van der Waals surface area contributed by atoms with Crippen molar-refractivity contribution < 1.29 is 5.11 Å². The SMILES string of the molecule is Cc1cc(O)cc(C)c1-c1cccc(N)c1. The summed E-state index contributed by atoms with van der Waals surface area (Å²) in [5.74, 6) is 0.308. The van der Waals surface area contributed by atoms with Gasteiger partial charge in [0.25, 0.3) is 0 Å². The Labute approximate surface area is 95.4 Å². The predicted molar refractivity (Wildman–Crippen MR) is 67.4 cm³/mol. The Morgan fingerprint density at radius 1 is 1.00 bits per heavy atom. The molecule has 0 aliphatic carbocycles. The summed E-state index contributed by atoms with van der Waals surface area (Å²) >= 11 is 0. The van der Waals surface area contributed by atoms with Crippen molar-refractivity contribution in [1.29, 1.82) is 0 Å². The zero-order valence-corrected chi connectivity index (χ0v) is 9.49. The molecule has 0 amide bonds. The maximum Gasteiger partial charge on any atom is 0.116 e. The van der Waals surface area contributed by atoms with Crippen LogP contribution in [0.1, 0.15) is 11.1 Å². The number of aromatic hydroxyl groups is 1. The van der Waals surface area contributed by atoms with Crippen molar-refractivity contribution in [3.8, 4) is 16.9 Å². The number of anilines is 1. The zero-order valence-electron chi connectivity index (χ0n) is 9.49. The standard InChI is InChI=1S/C14H15NO/c1-9-6-13(16)7-10(2)14(9)11-4-3-5-12(15)8-11/h3-8,16H,15H2,1-2H3. The van der Waals surface area contributed by atoms with Crippen LogP contribution < -0.4 is 5.73 Å². The molecular formula is C14H15NO. The molecule has 2 aromatic carbocycles. The van der Waals surface area contributed by atoms with Crippen molar-refractivity contribution in [3.05, 3.63) is 47.5 Å². The van der Waals surface area contributed by atoms with E-state index in [1.54, 1.807) is 12.1 Å². The molecule has 0 bridgehead atoms. The van der Waals surface area contributed by atoms with Crippen LogP contribution in [0.25, 0.3) is 11.1 Å². The number of hydrogen-bond acceptors (Lipinski definition) is 2. The molecule has 0 aromatic heterocycles. The topological polar surface area (TPSA) is 46.2 Å². The van der Waals surface area contributed by atoms with Gasteiger partial charge in [0.1, 0.15) is 5.75 Å². The lowest BCUT2D eigenvalue weighted by Crippen LogP contribution is -1.90. The number of benzene rings is 2. The molecule has 3 N–H and O–H groups in total. The smallest absolute Gasteiger partial charge is 0.116 e. The highest BCUT2D eigenvalue weighted by molar-refractivity contribution is 5.74. The number of phenolic OH excluding ortho intramolecular Hbond substituents is 1. The minimum absolute atomic E-state index is 0.308. The lowest BCUT2D eigenvalue weighted by molar-refractivity contribution is 0.474. The highest BCUT2D eigenvalue weighted by Gasteiger charge is 2.07. The van der Waals surface area contributed by atoms with Crippen LogP contribution in [0.15, 0.2) is 36.4 Å². The quantitative estimate of drug-likeness (QED) is 0.714. The third kappa shape index (κ3) is 1.87. The van der Waals surface area contributed by atoms with Gasteiger partial charge in [-0.05, 0) is 60.4 Å². The Balaban J connectivity index is 2.64. The normalized spacial score (nSPS) is 10.4. The first-order valence-electron chi connectivity index (χ1n) is 5.24. The summed E-state index contributed by atoms with van der Waals surface area (Å²) in [6, 6.07) is 11.3. The first kappa shape index (κ1) is 10.6. The zero-order chi connectivity index (χ0) is 11.7. The molecule has 16 heavy (non-hydrogen) atoms. The third-order valence-electron chi connectivity index (χ3n) is 2.69. The van der Waals surface area contributed by atoms with Crippen LogP contribution in [0.5, 0.6) is 5.75 Å². The molecule has 0 unspecified atom stereocenters. The van der Waals surface area contributed by atoms with Gasteiger partial charge in [-0.25, -0.2) is 0 Å². The van der Waals surface area contributed by atoms with E-state index >= 15 is 0 Å². The Hall–Kier alpha value is -1.96. The minimum atomic E-state index is 0.308. The fraction of sp³-hybridized carbons (Fsp3) is 0.143. The van der Waals surface area contributed by atoms with Gasteiger partial charge >= 0.3 is 0 Å². The molecule has 2 nitrogen and oxygen atoms in total. The van der Waals surface area contributed by atoms with Gasteiger partial charge in [-0.2, -0.15) is 0 Å². The van der Waals surface area contributed by atoms with Crippen LogP contribution in [0.3, 0.4) is 0 Å². The number of rotatable bonds is 1. The monoisotopic (exact) mass is 213 g/mol. The summed E-state index contributed by atoms with van der Waals surface area (Å²) in [5, 5.41) is 9.50. The first-order valence-corrected chi connectivity index (χ1v) is 5.24. The number of hydrogen-bond donors (Lipinski definition) is 2. The van der Waals surface area contributed by atoms with Gasteiger partial charge in [0, 0.05) is 5.69 Å². The summed E-state index contributed by atoms with van der Waals surface area (Å²) in [7, 11) is 0. The Kier molecular flexibility index (Phi) is 2.57. The molecule has 0 aliphatic heterocycles. The third-order valence-corrected chi connectivity index (χ3v) is 2.69. The molecule has 0 saturated heterocycles. The second-order valence-corrected chi connectivity index (χ2v) is 4.08. The van der Waals surface area contributed by atoms with E-state index in [1.165, 1.54) is 0 Å². The van der Waals surface area contributed by atoms with E-state index in [4.69, 9.17) is 5.73 Å². The van der Waals surface area contributed by atoms with Gasteiger partial charge in [0.15, 0.2) is 0 Å². The van der Waals surface area contributed by atoms with Crippen LogP contribution in [0.2, 0.25) is 0 Å². The summed E-state index contributed by atoms with van der Waals surface area (Å²) in [4.78, 5) is 0. The van der Waals surface area contributed by atoms with Gasteiger partial charge in [-0.15, -0.1) is 0 Å². The van der Waals surface area contributed by atoms with Crippen LogP contribution in [-0.4, -0.2) is 5.11 Å². The van der Waals surface area contributed by atoms with Crippen LogP contribution >= 0.6 is 0 Å². The van der Waals surface area contributed by atoms with Crippen molar-refractivity contribution in [3.63, 3.8) is 0 Å². The lowest BCUT2D eigenvalue weighted by Gasteiger charge is -2.11. The molecule has 0 aliphatic rings. The predicted octanol–water partition coefficient (Wildman–Crippen LogP) is 3.26. The van der Waals surface area contributed by atoms with E-state index in [2.05, 4.69) is 0 Å². The molecule has 2 rings (SSSR count). The molecule has 0 atom stereocenters. The summed E-state index contributed by atoms with van der Waals surface area (Å²) in [5.41, 5.74) is 10.9. The van der Waals surface area contributed by atoms with E-state index in [-0.39, 0.29) is 0 Å². The van der Waals surface area contributed by atoms with E-state index < -0.39 is 0 Å². The Morgan fingerprint density at radius 3 is 2.19 bits per heavy atom. The molecule has 0 heterocycles. The van der Waals surface area contributed by atoms with Crippen molar-refractivity contribution in [1.82, 2.24) is 0 Å². The fourth-order valence-corrected chi connectivity index (χ4v) is 2.09. The highest BCUT2D eigenvalue weighted by Crippen LogP contribution is 2.31. The average molecular weight is 213 g/mol. The van der Waals surface area contributed by atoms with E-state index in [9.17, 15) is 5.11 Å². The maximum absolute atomic E-state index is 9.50. The van der Waals surface area contributed by atoms with Gasteiger partial charge in [-0.3, -0.25) is 0 Å².